The molecule has 0 spiro atoms. The average molecular weight is 247 g/mol. The Labute approximate surface area is 104 Å². The Morgan fingerprint density at radius 3 is 2.83 bits per heavy atom. The lowest BCUT2D eigenvalue weighted by Gasteiger charge is -2.05. The van der Waals surface area contributed by atoms with E-state index in [9.17, 15) is 10.1 Å². The lowest BCUT2D eigenvalue weighted by atomic mass is 10.2. The first-order valence-electron chi connectivity index (χ1n) is 5.44. The molecule has 0 fully saturated rings. The van der Waals surface area contributed by atoms with Gasteiger partial charge in [0.25, 0.3) is 5.69 Å². The Hall–Kier alpha value is -2.28. The van der Waals surface area contributed by atoms with Crippen molar-refractivity contribution in [1.82, 2.24) is 20.1 Å². The van der Waals surface area contributed by atoms with Crippen molar-refractivity contribution in [3.05, 3.63) is 52.1 Å². The molecule has 0 bridgehead atoms. The second kappa shape index (κ2) is 5.37. The number of hydrogen-bond acceptors (Lipinski definition) is 5. The number of benzene rings is 1. The summed E-state index contributed by atoms with van der Waals surface area (Å²) in [7, 11) is 1.80. The second-order valence-corrected chi connectivity index (χ2v) is 3.79. The van der Waals surface area contributed by atoms with E-state index >= 15 is 0 Å². The van der Waals surface area contributed by atoms with Crippen LogP contribution in [0.5, 0.6) is 0 Å². The van der Waals surface area contributed by atoms with E-state index in [1.54, 1.807) is 29.9 Å². The Kier molecular flexibility index (Phi) is 3.63. The van der Waals surface area contributed by atoms with Gasteiger partial charge in [-0.3, -0.25) is 14.8 Å². The molecule has 2 rings (SSSR count). The van der Waals surface area contributed by atoms with Crippen LogP contribution in [0.15, 0.2) is 30.6 Å². The lowest BCUT2D eigenvalue weighted by Crippen LogP contribution is -2.16. The molecule has 0 aliphatic rings. The molecule has 0 unspecified atom stereocenters. The highest BCUT2D eigenvalue weighted by molar-refractivity contribution is 5.39. The van der Waals surface area contributed by atoms with Crippen LogP contribution in [0.25, 0.3) is 0 Å². The molecular formula is C11H13N5O2. The summed E-state index contributed by atoms with van der Waals surface area (Å²) in [5.74, 6) is 0.786. The minimum atomic E-state index is -0.376. The molecule has 7 heteroatoms. The fourth-order valence-electron chi connectivity index (χ4n) is 1.63. The fraction of sp³-hybridized carbons (Fsp3) is 0.273. The maximum Gasteiger partial charge on any atom is 0.273 e. The van der Waals surface area contributed by atoms with Crippen molar-refractivity contribution in [2.45, 2.75) is 13.1 Å². The zero-order valence-corrected chi connectivity index (χ0v) is 9.91. The highest BCUT2D eigenvalue weighted by atomic mass is 16.6. The van der Waals surface area contributed by atoms with Crippen LogP contribution in [0.2, 0.25) is 0 Å². The van der Waals surface area contributed by atoms with E-state index in [0.717, 1.165) is 5.82 Å². The molecule has 0 atom stereocenters. The fourth-order valence-corrected chi connectivity index (χ4v) is 1.63. The summed E-state index contributed by atoms with van der Waals surface area (Å²) in [6.45, 7) is 0.937. The van der Waals surface area contributed by atoms with E-state index in [2.05, 4.69) is 15.4 Å². The van der Waals surface area contributed by atoms with E-state index in [1.165, 1.54) is 12.4 Å². The number of nitrogens with zero attached hydrogens (tertiary/aromatic N) is 4. The summed E-state index contributed by atoms with van der Waals surface area (Å²) in [6.07, 6.45) is 1.47. The number of para-hydroxylation sites is 1. The van der Waals surface area contributed by atoms with Crippen LogP contribution in [0.4, 0.5) is 5.69 Å². The van der Waals surface area contributed by atoms with E-state index in [4.69, 9.17) is 0 Å². The zero-order valence-electron chi connectivity index (χ0n) is 9.91. The van der Waals surface area contributed by atoms with Gasteiger partial charge in [-0.25, -0.2) is 4.98 Å². The molecule has 18 heavy (non-hydrogen) atoms. The third-order valence-corrected chi connectivity index (χ3v) is 2.59. The van der Waals surface area contributed by atoms with Crippen LogP contribution < -0.4 is 5.32 Å². The molecule has 1 aromatic carbocycles. The monoisotopic (exact) mass is 247 g/mol. The first-order chi connectivity index (χ1) is 8.68. The molecule has 0 amide bonds. The first-order valence-corrected chi connectivity index (χ1v) is 5.44. The summed E-state index contributed by atoms with van der Waals surface area (Å²) >= 11 is 0. The standard InChI is InChI=1S/C11H13N5O2/c1-15-11(13-8-14-15)7-12-6-9-4-2-3-5-10(9)16(17)18/h2-5,8,12H,6-7H2,1H3. The normalized spacial score (nSPS) is 10.5. The molecule has 7 nitrogen and oxygen atoms in total. The van der Waals surface area contributed by atoms with Crippen molar-refractivity contribution in [3.8, 4) is 0 Å². The van der Waals surface area contributed by atoms with Crippen LogP contribution in [-0.2, 0) is 20.1 Å². The van der Waals surface area contributed by atoms with Gasteiger partial charge in [0.05, 0.1) is 11.5 Å². The van der Waals surface area contributed by atoms with Gasteiger partial charge in [-0.1, -0.05) is 18.2 Å². The molecule has 0 aliphatic heterocycles. The Morgan fingerprint density at radius 2 is 2.17 bits per heavy atom. The lowest BCUT2D eigenvalue weighted by molar-refractivity contribution is -0.385. The van der Waals surface area contributed by atoms with Gasteiger partial charge in [-0.05, 0) is 0 Å². The Balaban J connectivity index is 1.99. The summed E-state index contributed by atoms with van der Waals surface area (Å²) in [5.41, 5.74) is 0.785. The molecule has 0 radical (unpaired) electrons. The Morgan fingerprint density at radius 1 is 1.39 bits per heavy atom. The number of nitrogens with one attached hydrogen (secondary N) is 1. The molecule has 0 saturated heterocycles. The summed E-state index contributed by atoms with van der Waals surface area (Å²) < 4.78 is 1.66. The Bertz CT molecular complexity index is 552. The molecule has 94 valence electrons. The molecular weight excluding hydrogens is 234 g/mol. The minimum Gasteiger partial charge on any atom is -0.305 e. The first kappa shape index (κ1) is 12.2. The molecule has 0 saturated carbocycles. The van der Waals surface area contributed by atoms with Gasteiger partial charge in [0, 0.05) is 25.2 Å². The van der Waals surface area contributed by atoms with Gasteiger partial charge >= 0.3 is 0 Å². The molecule has 1 N–H and O–H groups in total. The SMILES string of the molecule is Cn1ncnc1CNCc1ccccc1[N+](=O)[O-]. The largest absolute Gasteiger partial charge is 0.305 e. The summed E-state index contributed by atoms with van der Waals surface area (Å²) in [6, 6.07) is 6.68. The third-order valence-electron chi connectivity index (χ3n) is 2.59. The van der Waals surface area contributed by atoms with Crippen molar-refractivity contribution >= 4 is 5.69 Å². The molecule has 2 aromatic rings. The average Bonchev–Trinajstić information content (AvgIpc) is 2.76. The molecule has 0 aliphatic carbocycles. The van der Waals surface area contributed by atoms with Crippen molar-refractivity contribution in [2.75, 3.05) is 0 Å². The minimum absolute atomic E-state index is 0.128. The molecule has 1 heterocycles. The van der Waals surface area contributed by atoms with Gasteiger partial charge in [0.1, 0.15) is 12.2 Å². The van der Waals surface area contributed by atoms with Crippen molar-refractivity contribution in [3.63, 3.8) is 0 Å². The van der Waals surface area contributed by atoms with E-state index in [0.29, 0.717) is 18.7 Å². The smallest absolute Gasteiger partial charge is 0.273 e. The highest BCUT2D eigenvalue weighted by Gasteiger charge is 2.11. The van der Waals surface area contributed by atoms with E-state index in [1.807, 2.05) is 0 Å². The van der Waals surface area contributed by atoms with Crippen molar-refractivity contribution < 1.29 is 4.92 Å². The summed E-state index contributed by atoms with van der Waals surface area (Å²) in [5, 5.41) is 17.9. The predicted molar refractivity (Wildman–Crippen MR) is 64.6 cm³/mol. The third kappa shape index (κ3) is 2.69. The van der Waals surface area contributed by atoms with Crippen molar-refractivity contribution in [2.24, 2.45) is 7.05 Å². The van der Waals surface area contributed by atoms with Gasteiger partial charge in [-0.15, -0.1) is 0 Å². The van der Waals surface area contributed by atoms with Gasteiger partial charge in [0.15, 0.2) is 0 Å². The van der Waals surface area contributed by atoms with E-state index < -0.39 is 0 Å². The number of nitro groups is 1. The maximum absolute atomic E-state index is 10.8. The van der Waals surface area contributed by atoms with Gasteiger partial charge in [0.2, 0.25) is 0 Å². The van der Waals surface area contributed by atoms with Crippen LogP contribution in [0.3, 0.4) is 0 Å². The number of rotatable bonds is 5. The van der Waals surface area contributed by atoms with Crippen molar-refractivity contribution in [1.29, 1.82) is 0 Å². The topological polar surface area (TPSA) is 85.9 Å². The van der Waals surface area contributed by atoms with Crippen LogP contribution >= 0.6 is 0 Å². The van der Waals surface area contributed by atoms with Crippen LogP contribution in [0, 0.1) is 10.1 Å². The quantitative estimate of drug-likeness (QED) is 0.629. The van der Waals surface area contributed by atoms with Gasteiger partial charge < -0.3 is 5.32 Å². The predicted octanol–water partition coefficient (Wildman–Crippen LogP) is 1.01. The zero-order chi connectivity index (χ0) is 13.0. The van der Waals surface area contributed by atoms with Gasteiger partial charge in [-0.2, -0.15) is 5.10 Å². The van der Waals surface area contributed by atoms with Crippen LogP contribution in [0.1, 0.15) is 11.4 Å². The highest BCUT2D eigenvalue weighted by Crippen LogP contribution is 2.17. The van der Waals surface area contributed by atoms with E-state index in [-0.39, 0.29) is 10.6 Å². The number of nitro benzene ring substituents is 1. The summed E-state index contributed by atoms with van der Waals surface area (Å²) in [4.78, 5) is 14.5. The number of hydrogen-bond donors (Lipinski definition) is 1. The van der Waals surface area contributed by atoms with Crippen LogP contribution in [-0.4, -0.2) is 19.7 Å². The molecule has 1 aromatic heterocycles. The number of aromatic nitrogens is 3. The maximum atomic E-state index is 10.8. The second-order valence-electron chi connectivity index (χ2n) is 3.79. The number of aryl methyl sites for hydroxylation is 1.